The van der Waals surface area contributed by atoms with E-state index in [0.717, 1.165) is 27.4 Å². The largest absolute Gasteiger partial charge is 0.310 e. The lowest BCUT2D eigenvalue weighted by molar-refractivity contribution is -0.116. The zero-order valence-corrected chi connectivity index (χ0v) is 15.2. The molecule has 0 fully saturated rings. The van der Waals surface area contributed by atoms with E-state index >= 15 is 0 Å². The quantitative estimate of drug-likeness (QED) is 0.542. The number of fused-ring (bicyclic) bond motifs is 2. The molecule has 1 unspecified atom stereocenters. The molecule has 1 aliphatic rings. The molecule has 2 N–H and O–H groups in total. The van der Waals surface area contributed by atoms with Crippen molar-refractivity contribution in [2.24, 2.45) is 0 Å². The summed E-state index contributed by atoms with van der Waals surface area (Å²) in [6.07, 6.45) is 1.19. The molecule has 1 atom stereocenters. The Kier molecular flexibility index (Phi) is 4.30. The Morgan fingerprint density at radius 3 is 2.92 bits per heavy atom. The first kappa shape index (κ1) is 16.3. The summed E-state index contributed by atoms with van der Waals surface area (Å²) >= 11 is 3.00. The third-order valence-corrected chi connectivity index (χ3v) is 6.21. The highest BCUT2D eigenvalue weighted by Gasteiger charge is 2.33. The zero-order valence-electron chi connectivity index (χ0n) is 13.5. The van der Waals surface area contributed by atoms with Gasteiger partial charge < -0.3 is 10.3 Å². The first-order valence-electron chi connectivity index (χ1n) is 8.08. The van der Waals surface area contributed by atoms with Crippen molar-refractivity contribution in [1.82, 2.24) is 15.0 Å². The summed E-state index contributed by atoms with van der Waals surface area (Å²) in [6.45, 7) is 2.06. The number of carbonyl (C=O) groups excluding carboxylic acids is 1. The van der Waals surface area contributed by atoms with Crippen molar-refractivity contribution in [2.75, 3.05) is 11.1 Å². The van der Waals surface area contributed by atoms with Crippen molar-refractivity contribution >= 4 is 45.0 Å². The van der Waals surface area contributed by atoms with Crippen molar-refractivity contribution in [3.05, 3.63) is 45.2 Å². The molecule has 1 amide bonds. The summed E-state index contributed by atoms with van der Waals surface area (Å²) in [5.74, 6) is 0.725. The third-order valence-electron chi connectivity index (χ3n) is 3.98. The van der Waals surface area contributed by atoms with Crippen molar-refractivity contribution in [1.29, 1.82) is 0 Å². The van der Waals surface area contributed by atoms with Crippen LogP contribution < -0.4 is 10.9 Å². The molecule has 4 rings (SSSR count). The van der Waals surface area contributed by atoms with Gasteiger partial charge in [-0.3, -0.25) is 9.59 Å². The standard InChI is InChI=1S/C17H16N4O2S2/c1-2-7-24-17-20-14-13(15(23)21-17)9(8-12(22)19-14)16-18-10-5-3-4-6-11(10)25-16/h3-6,9H,2,7-8H2,1H3,(H2,19,20,21,22,23). The molecule has 0 bridgehead atoms. The van der Waals surface area contributed by atoms with E-state index in [1.54, 1.807) is 0 Å². The Morgan fingerprint density at radius 2 is 2.12 bits per heavy atom. The lowest BCUT2D eigenvalue weighted by Gasteiger charge is -2.22. The molecule has 0 saturated carbocycles. The number of hydrogen-bond acceptors (Lipinski definition) is 6. The number of thioether (sulfide) groups is 1. The zero-order chi connectivity index (χ0) is 17.4. The van der Waals surface area contributed by atoms with Gasteiger partial charge in [-0.2, -0.15) is 0 Å². The number of anilines is 1. The van der Waals surface area contributed by atoms with Crippen LogP contribution in [0.4, 0.5) is 5.82 Å². The third kappa shape index (κ3) is 3.07. The van der Waals surface area contributed by atoms with Gasteiger partial charge in [-0.25, -0.2) is 9.97 Å². The second kappa shape index (κ2) is 6.61. The molecule has 6 nitrogen and oxygen atoms in total. The number of rotatable bonds is 4. The highest BCUT2D eigenvalue weighted by molar-refractivity contribution is 7.99. The number of nitrogens with zero attached hydrogens (tertiary/aromatic N) is 2. The average Bonchev–Trinajstić information content (AvgIpc) is 3.03. The molecule has 25 heavy (non-hydrogen) atoms. The highest BCUT2D eigenvalue weighted by atomic mass is 32.2. The van der Waals surface area contributed by atoms with Crippen LogP contribution in [-0.4, -0.2) is 26.6 Å². The maximum absolute atomic E-state index is 12.7. The number of nitrogens with one attached hydrogen (secondary N) is 2. The van der Waals surface area contributed by atoms with Gasteiger partial charge in [0.25, 0.3) is 5.56 Å². The van der Waals surface area contributed by atoms with Gasteiger partial charge in [-0.1, -0.05) is 30.8 Å². The number of benzene rings is 1. The highest BCUT2D eigenvalue weighted by Crippen LogP contribution is 2.37. The molecule has 8 heteroatoms. The van der Waals surface area contributed by atoms with Crippen LogP contribution in [0.1, 0.15) is 36.3 Å². The Labute approximate surface area is 152 Å². The molecular formula is C17H16N4O2S2. The van der Waals surface area contributed by atoms with E-state index in [1.807, 2.05) is 24.3 Å². The number of aromatic amines is 1. The van der Waals surface area contributed by atoms with Gasteiger partial charge in [0.1, 0.15) is 10.8 Å². The molecule has 1 aliphatic heterocycles. The maximum Gasteiger partial charge on any atom is 0.257 e. The number of para-hydroxylation sites is 1. The van der Waals surface area contributed by atoms with Crippen molar-refractivity contribution < 1.29 is 4.79 Å². The summed E-state index contributed by atoms with van der Waals surface area (Å²) in [5.41, 5.74) is 1.18. The number of amides is 1. The number of aromatic nitrogens is 3. The van der Waals surface area contributed by atoms with Crippen LogP contribution in [0.3, 0.4) is 0 Å². The maximum atomic E-state index is 12.7. The molecule has 0 radical (unpaired) electrons. The number of carbonyl (C=O) groups is 1. The summed E-state index contributed by atoms with van der Waals surface area (Å²) in [5, 5.41) is 4.06. The number of thiazole rings is 1. The minimum absolute atomic E-state index is 0.138. The van der Waals surface area contributed by atoms with Gasteiger partial charge in [-0.05, 0) is 18.6 Å². The summed E-state index contributed by atoms with van der Waals surface area (Å²) < 4.78 is 1.05. The minimum Gasteiger partial charge on any atom is -0.310 e. The Balaban J connectivity index is 1.81. The van der Waals surface area contributed by atoms with Crippen molar-refractivity contribution in [3.63, 3.8) is 0 Å². The fourth-order valence-electron chi connectivity index (χ4n) is 2.87. The van der Waals surface area contributed by atoms with E-state index in [-0.39, 0.29) is 23.8 Å². The normalized spacial score (nSPS) is 16.7. The monoisotopic (exact) mass is 372 g/mol. The van der Waals surface area contributed by atoms with Crippen LogP contribution in [0.15, 0.2) is 34.2 Å². The summed E-state index contributed by atoms with van der Waals surface area (Å²) in [4.78, 5) is 36.8. The second-order valence-corrected chi connectivity index (χ2v) is 7.95. The van der Waals surface area contributed by atoms with Gasteiger partial charge in [0, 0.05) is 12.2 Å². The first-order chi connectivity index (χ1) is 12.2. The Morgan fingerprint density at radius 1 is 1.28 bits per heavy atom. The molecular weight excluding hydrogens is 356 g/mol. The predicted octanol–water partition coefficient (Wildman–Crippen LogP) is 3.36. The fraction of sp³-hybridized carbons (Fsp3) is 0.294. The van der Waals surface area contributed by atoms with Crippen LogP contribution in [0.5, 0.6) is 0 Å². The van der Waals surface area contributed by atoms with Crippen LogP contribution in [0.2, 0.25) is 0 Å². The molecule has 2 aromatic heterocycles. The van der Waals surface area contributed by atoms with Crippen molar-refractivity contribution in [3.8, 4) is 0 Å². The molecule has 0 aliphatic carbocycles. The van der Waals surface area contributed by atoms with Crippen LogP contribution in [-0.2, 0) is 4.79 Å². The van der Waals surface area contributed by atoms with E-state index < -0.39 is 0 Å². The van der Waals surface area contributed by atoms with Gasteiger partial charge >= 0.3 is 0 Å². The summed E-state index contributed by atoms with van der Waals surface area (Å²) in [6, 6.07) is 7.82. The molecule has 3 aromatic rings. The predicted molar refractivity (Wildman–Crippen MR) is 101 cm³/mol. The van der Waals surface area contributed by atoms with Gasteiger partial charge in [0.2, 0.25) is 5.91 Å². The number of H-pyrrole nitrogens is 1. The molecule has 128 valence electrons. The Hall–Kier alpha value is -2.19. The SMILES string of the molecule is CCCSc1nc2c(c(=O)[nH]1)C(c1nc3ccccc3s1)CC(=O)N2. The second-order valence-electron chi connectivity index (χ2n) is 5.81. The molecule has 1 aromatic carbocycles. The molecule has 3 heterocycles. The minimum atomic E-state index is -0.359. The van der Waals surface area contributed by atoms with Crippen LogP contribution in [0, 0.1) is 0 Å². The van der Waals surface area contributed by atoms with E-state index in [9.17, 15) is 9.59 Å². The molecule has 0 spiro atoms. The van der Waals surface area contributed by atoms with Gasteiger partial charge in [-0.15, -0.1) is 11.3 Å². The Bertz CT molecular complexity index is 978. The van der Waals surface area contributed by atoms with Gasteiger partial charge in [0.05, 0.1) is 21.7 Å². The van der Waals surface area contributed by atoms with Crippen LogP contribution >= 0.6 is 23.1 Å². The van der Waals surface area contributed by atoms with E-state index in [0.29, 0.717) is 16.5 Å². The van der Waals surface area contributed by atoms with Crippen LogP contribution in [0.25, 0.3) is 10.2 Å². The lowest BCUT2D eigenvalue weighted by Crippen LogP contribution is -2.31. The lowest BCUT2D eigenvalue weighted by atomic mass is 9.94. The smallest absolute Gasteiger partial charge is 0.257 e. The number of hydrogen-bond donors (Lipinski definition) is 2. The van der Waals surface area contributed by atoms with E-state index in [1.165, 1.54) is 23.1 Å². The molecule has 0 saturated heterocycles. The van der Waals surface area contributed by atoms with E-state index in [2.05, 4.69) is 27.2 Å². The first-order valence-corrected chi connectivity index (χ1v) is 9.88. The van der Waals surface area contributed by atoms with E-state index in [4.69, 9.17) is 0 Å². The topological polar surface area (TPSA) is 87.7 Å². The fourth-order valence-corrected chi connectivity index (χ4v) is 4.66. The van der Waals surface area contributed by atoms with Gasteiger partial charge in [0.15, 0.2) is 5.16 Å². The average molecular weight is 372 g/mol. The summed E-state index contributed by atoms with van der Waals surface area (Å²) in [7, 11) is 0. The van der Waals surface area contributed by atoms with Crippen molar-refractivity contribution in [2.45, 2.75) is 30.8 Å².